The molecule has 3 saturated carbocycles. The number of nitrogens with zero attached hydrogens (tertiary/aromatic N) is 1. The number of aliphatic hydroxyl groups excluding tert-OH is 2. The molecule has 8 heteroatoms. The predicted molar refractivity (Wildman–Crippen MR) is 205 cm³/mol. The third kappa shape index (κ3) is 9.47. The van der Waals surface area contributed by atoms with Gasteiger partial charge in [0.05, 0.1) is 6.10 Å². The fourth-order valence-electron chi connectivity index (χ4n) is 10.3. The first-order valence-electron chi connectivity index (χ1n) is 20.0. The third-order valence-electron chi connectivity index (χ3n) is 13.3. The molecule has 1 aromatic rings. The van der Waals surface area contributed by atoms with Crippen LogP contribution in [0.2, 0.25) is 0 Å². The Labute approximate surface area is 337 Å². The number of allylic oxidation sites excluding steroid dienone is 4. The second-order valence-electron chi connectivity index (χ2n) is 16.5. The Morgan fingerprint density at radius 3 is 2.00 bits per heavy atom. The van der Waals surface area contributed by atoms with Crippen LogP contribution < -0.4 is 4.57 Å². The van der Waals surface area contributed by atoms with Crippen molar-refractivity contribution in [1.82, 2.24) is 0 Å². The van der Waals surface area contributed by atoms with Crippen molar-refractivity contribution in [2.24, 2.45) is 28.6 Å². The summed E-state index contributed by atoms with van der Waals surface area (Å²) in [5, 5.41) is 32.0. The molecular formula is C43H69CaFNO5+. The molecule has 51 heavy (non-hydrogen) atoms. The number of rotatable bonds is 17. The quantitative estimate of drug-likeness (QED) is 0.0878. The predicted octanol–water partition coefficient (Wildman–Crippen LogP) is 7.43. The van der Waals surface area contributed by atoms with Gasteiger partial charge in [0, 0.05) is 35.3 Å². The fraction of sp³-hybridized carbons (Fsp3) is 0.744. The number of aryl methyl sites for hydroxylation is 1. The zero-order valence-corrected chi connectivity index (χ0v) is 31.6. The summed E-state index contributed by atoms with van der Waals surface area (Å²) in [6, 6.07) is 6.31. The Balaban J connectivity index is 0.000000279. The molecule has 6 nitrogen and oxygen atoms in total. The molecule has 0 aromatic carbocycles. The van der Waals surface area contributed by atoms with E-state index < -0.39 is 52.4 Å². The van der Waals surface area contributed by atoms with Crippen molar-refractivity contribution in [1.29, 1.82) is 0 Å². The van der Waals surface area contributed by atoms with Gasteiger partial charge >= 0.3 is 37.7 Å². The number of halogens is 1. The molecule has 4 aliphatic rings. The van der Waals surface area contributed by atoms with Gasteiger partial charge in [-0.2, -0.15) is 0 Å². The van der Waals surface area contributed by atoms with Crippen molar-refractivity contribution >= 4 is 49.3 Å². The summed E-state index contributed by atoms with van der Waals surface area (Å²) >= 11 is 0. The fourth-order valence-corrected chi connectivity index (χ4v) is 10.3. The summed E-state index contributed by atoms with van der Waals surface area (Å²) in [6.07, 6.45) is 28.9. The zero-order chi connectivity index (χ0) is 36.4. The second-order valence-corrected chi connectivity index (χ2v) is 16.5. The molecule has 0 radical (unpaired) electrons. The van der Waals surface area contributed by atoms with Gasteiger partial charge in [0.2, 0.25) is 0 Å². The molecule has 0 bridgehead atoms. The van der Waals surface area contributed by atoms with E-state index in [1.165, 1.54) is 109 Å². The van der Waals surface area contributed by atoms with Crippen molar-refractivity contribution in [2.45, 2.75) is 167 Å². The first-order chi connectivity index (χ1) is 23.9. The molecule has 4 aliphatic carbocycles. The Morgan fingerprint density at radius 2 is 1.45 bits per heavy atom. The Hall–Kier alpha value is -0.960. The van der Waals surface area contributed by atoms with E-state index in [1.807, 2.05) is 0 Å². The van der Waals surface area contributed by atoms with Gasteiger partial charge in [0.1, 0.15) is 18.8 Å². The summed E-state index contributed by atoms with van der Waals surface area (Å²) in [7, 11) is 0. The number of hydrogen-bond donors (Lipinski definition) is 3. The van der Waals surface area contributed by atoms with Crippen LogP contribution in [0.5, 0.6) is 0 Å². The van der Waals surface area contributed by atoms with Gasteiger partial charge in [-0.1, -0.05) is 116 Å². The number of aromatic nitrogens is 1. The number of unbranched alkanes of at least 4 members (excludes halogenated alkanes) is 13. The maximum atomic E-state index is 16.9. The molecule has 1 aromatic heterocycles. The van der Waals surface area contributed by atoms with Crippen molar-refractivity contribution in [2.75, 3.05) is 6.61 Å². The number of aliphatic hydroxyl groups is 3. The SMILES string of the molecule is CCCCCCCCCCCCCCCC[n+]1ccccc1.C[C@@H]1C[C@H]2[C@@H]3CCC4=CC(=O)C=C[C@]4(C)[C@@]3(F)[C@@H](O)C[C@]2(C)[C@@]1(O)C(=O)CO.[CaH2]. The zero-order valence-electron chi connectivity index (χ0n) is 31.6. The molecule has 0 aliphatic heterocycles. The molecular weight excluding hydrogens is 670 g/mol. The summed E-state index contributed by atoms with van der Waals surface area (Å²) in [5.41, 5.74) is -5.17. The Bertz CT molecular complexity index is 1320. The van der Waals surface area contributed by atoms with E-state index in [2.05, 4.69) is 42.1 Å². The van der Waals surface area contributed by atoms with Crippen LogP contribution in [0.4, 0.5) is 4.39 Å². The van der Waals surface area contributed by atoms with E-state index in [-0.39, 0.29) is 55.9 Å². The van der Waals surface area contributed by atoms with E-state index in [0.29, 0.717) is 24.8 Å². The van der Waals surface area contributed by atoms with E-state index in [0.717, 1.165) is 0 Å². The Kier molecular flexibility index (Phi) is 17.5. The minimum absolute atomic E-state index is 0. The number of carbonyl (C=O) groups excluding carboxylic acids is 2. The molecule has 3 N–H and O–H groups in total. The van der Waals surface area contributed by atoms with E-state index in [9.17, 15) is 24.9 Å². The molecule has 0 spiro atoms. The van der Waals surface area contributed by atoms with Crippen LogP contribution in [0.15, 0.2) is 54.4 Å². The molecule has 0 unspecified atom stereocenters. The van der Waals surface area contributed by atoms with Crippen molar-refractivity contribution < 1.29 is 33.9 Å². The number of Topliss-reactive ketones (excluding diaryl/α,β-unsaturated/α-hetero) is 1. The first-order valence-corrected chi connectivity index (χ1v) is 20.0. The molecule has 1 heterocycles. The first kappa shape index (κ1) is 44.4. The van der Waals surface area contributed by atoms with Gasteiger partial charge in [0.15, 0.2) is 29.6 Å². The van der Waals surface area contributed by atoms with Crippen LogP contribution in [0, 0.1) is 28.6 Å². The summed E-state index contributed by atoms with van der Waals surface area (Å²) in [6.45, 7) is 7.95. The monoisotopic (exact) mass is 738 g/mol. The van der Waals surface area contributed by atoms with E-state index in [4.69, 9.17) is 0 Å². The molecule has 0 amide bonds. The van der Waals surface area contributed by atoms with Crippen LogP contribution in [0.3, 0.4) is 0 Å². The van der Waals surface area contributed by atoms with Crippen LogP contribution in [0.25, 0.3) is 0 Å². The van der Waals surface area contributed by atoms with Crippen LogP contribution in [-0.4, -0.2) is 88.6 Å². The maximum absolute atomic E-state index is 16.9. The van der Waals surface area contributed by atoms with Gasteiger partial charge in [-0.05, 0) is 63.0 Å². The molecule has 5 rings (SSSR count). The average Bonchev–Trinajstić information content (AvgIpc) is 3.31. The van der Waals surface area contributed by atoms with Gasteiger partial charge in [-0.3, -0.25) is 9.59 Å². The van der Waals surface area contributed by atoms with Crippen LogP contribution in [-0.2, 0) is 16.1 Å². The minimum atomic E-state index is -1.98. The standard InChI is InChI=1S/C22H29FO5.C21H38N.Ca.2H/c1-12-8-16-15-5-4-13-9-14(25)6-7-19(13,2)21(15,23)17(26)10-20(16,3)22(12,28)18(27)11-24;1-2-3-4-5-6-7-8-9-10-11-12-13-14-16-19-22-20-17-15-18-21-22;;;/h6-7,9,12,15-17,24,26,28H,4-5,8,10-11H2,1-3H3;15,17-18,20-21H,2-14,16,19H2,1H3;;;/q;+1;;;/t12-,15+,16+,17+,19+,20+,21+,22+;;;;/m1..../s1. The summed E-state index contributed by atoms with van der Waals surface area (Å²) < 4.78 is 19.2. The van der Waals surface area contributed by atoms with Gasteiger partial charge in [-0.25, -0.2) is 8.96 Å². The summed E-state index contributed by atoms with van der Waals surface area (Å²) in [5.74, 6) is -2.12. The van der Waals surface area contributed by atoms with Gasteiger partial charge in [-0.15, -0.1) is 0 Å². The van der Waals surface area contributed by atoms with E-state index in [1.54, 1.807) is 26.8 Å². The third-order valence-corrected chi connectivity index (χ3v) is 13.3. The van der Waals surface area contributed by atoms with Gasteiger partial charge in [0.25, 0.3) is 0 Å². The number of carbonyl (C=O) groups is 2. The number of fused-ring (bicyclic) bond motifs is 5. The van der Waals surface area contributed by atoms with Crippen molar-refractivity contribution in [3.63, 3.8) is 0 Å². The summed E-state index contributed by atoms with van der Waals surface area (Å²) in [4.78, 5) is 24.4. The Morgan fingerprint density at radius 1 is 0.902 bits per heavy atom. The topological polar surface area (TPSA) is 98.7 Å². The van der Waals surface area contributed by atoms with E-state index >= 15 is 4.39 Å². The molecule has 284 valence electrons. The van der Waals surface area contributed by atoms with Crippen LogP contribution in [0.1, 0.15) is 143 Å². The molecule has 8 atom stereocenters. The number of pyridine rings is 1. The molecule has 0 saturated heterocycles. The normalized spacial score (nSPS) is 33.6. The second kappa shape index (κ2) is 20.1. The number of alkyl halides is 1. The van der Waals surface area contributed by atoms with Crippen molar-refractivity contribution in [3.8, 4) is 0 Å². The van der Waals surface area contributed by atoms with Crippen molar-refractivity contribution in [3.05, 3.63) is 54.4 Å². The average molecular weight is 739 g/mol. The number of ketones is 2. The van der Waals surface area contributed by atoms with Crippen LogP contribution >= 0.6 is 0 Å². The van der Waals surface area contributed by atoms with Gasteiger partial charge < -0.3 is 15.3 Å². The molecule has 3 fully saturated rings. The number of hydrogen-bond acceptors (Lipinski definition) is 5.